The molecule has 7 atom stereocenters. The molecule has 9 rings (SSSR count). The lowest BCUT2D eigenvalue weighted by Gasteiger charge is -2.30. The second-order valence-corrected chi connectivity index (χ2v) is 17.5. The molecule has 4 heterocycles. The predicted octanol–water partition coefficient (Wildman–Crippen LogP) is 9.67. The van der Waals surface area contributed by atoms with Gasteiger partial charge in [0.05, 0.1) is 35.9 Å². The number of hydrogen-bond acceptors (Lipinski definition) is 6. The van der Waals surface area contributed by atoms with Crippen molar-refractivity contribution in [1.29, 1.82) is 0 Å². The maximum Gasteiger partial charge on any atom is 0.411 e. The highest BCUT2D eigenvalue weighted by molar-refractivity contribution is 6.04. The molecule has 10 heteroatoms. The van der Waals surface area contributed by atoms with Crippen molar-refractivity contribution in [3.8, 4) is 33.6 Å². The maximum absolute atomic E-state index is 13.3. The largest absolute Gasteiger partial charge is 0.444 e. The van der Waals surface area contributed by atoms with Gasteiger partial charge in [0, 0.05) is 17.6 Å². The van der Waals surface area contributed by atoms with Gasteiger partial charge in [-0.05, 0) is 106 Å². The van der Waals surface area contributed by atoms with E-state index in [1.807, 2.05) is 63.7 Å². The van der Waals surface area contributed by atoms with Gasteiger partial charge in [0.25, 0.3) is 0 Å². The third kappa shape index (κ3) is 6.05. The first-order valence-electron chi connectivity index (χ1n) is 19.0. The number of benzene rings is 3. The van der Waals surface area contributed by atoms with Crippen LogP contribution in [0.2, 0.25) is 0 Å². The number of rotatable bonds is 5. The van der Waals surface area contributed by atoms with Crippen LogP contribution < -0.4 is 0 Å². The van der Waals surface area contributed by atoms with E-state index in [2.05, 4.69) is 77.6 Å². The summed E-state index contributed by atoms with van der Waals surface area (Å²) < 4.78 is 11.6. The molecule has 0 bridgehead atoms. The van der Waals surface area contributed by atoms with E-state index < -0.39 is 11.2 Å². The van der Waals surface area contributed by atoms with Crippen molar-refractivity contribution in [2.45, 2.75) is 103 Å². The molecule has 4 aliphatic rings. The zero-order chi connectivity index (χ0) is 37.0. The zero-order valence-corrected chi connectivity index (χ0v) is 31.5. The lowest BCUT2D eigenvalue weighted by molar-refractivity contribution is 0.0154. The van der Waals surface area contributed by atoms with Gasteiger partial charge >= 0.3 is 12.2 Å². The molecule has 2 aromatic heterocycles. The average Bonchev–Trinajstić information content (AvgIpc) is 3.61. The summed E-state index contributed by atoms with van der Waals surface area (Å²) in [5.41, 5.74) is 5.10. The van der Waals surface area contributed by atoms with E-state index in [1.54, 1.807) is 0 Å². The van der Waals surface area contributed by atoms with E-state index in [4.69, 9.17) is 19.4 Å². The van der Waals surface area contributed by atoms with Crippen LogP contribution in [0.1, 0.15) is 91.5 Å². The average molecular weight is 713 g/mol. The van der Waals surface area contributed by atoms with Crippen LogP contribution >= 0.6 is 0 Å². The number of H-pyrrole nitrogens is 2. The van der Waals surface area contributed by atoms with Gasteiger partial charge < -0.3 is 19.4 Å². The molecule has 0 radical (unpaired) electrons. The highest BCUT2D eigenvalue weighted by atomic mass is 16.6. The number of likely N-dealkylation sites (tertiary alicyclic amines) is 2. The number of ether oxygens (including phenoxy) is 2. The number of carbonyl (C=O) groups is 2. The number of amides is 2. The van der Waals surface area contributed by atoms with E-state index >= 15 is 0 Å². The normalized spacial score (nSPS) is 26.1. The van der Waals surface area contributed by atoms with Gasteiger partial charge in [-0.2, -0.15) is 0 Å². The maximum atomic E-state index is 13.3. The second kappa shape index (κ2) is 11.9. The highest BCUT2D eigenvalue weighted by Gasteiger charge is 2.62. The molecule has 2 saturated carbocycles. The molecular weight excluding hydrogens is 665 g/mol. The molecule has 2 N–H and O–H groups in total. The van der Waals surface area contributed by atoms with Crippen molar-refractivity contribution >= 4 is 23.0 Å². The van der Waals surface area contributed by atoms with Gasteiger partial charge in [0.15, 0.2) is 0 Å². The van der Waals surface area contributed by atoms with Crippen molar-refractivity contribution in [3.05, 3.63) is 84.7 Å². The van der Waals surface area contributed by atoms with Crippen LogP contribution in [-0.2, 0) is 9.47 Å². The van der Waals surface area contributed by atoms with Crippen LogP contribution in [0.4, 0.5) is 9.59 Å². The summed E-state index contributed by atoms with van der Waals surface area (Å²) in [5, 5.41) is 2.27. The summed E-state index contributed by atoms with van der Waals surface area (Å²) in [5.74, 6) is 3.10. The Balaban J connectivity index is 0.953. The lowest BCUT2D eigenvalue weighted by atomic mass is 9.94. The third-order valence-corrected chi connectivity index (χ3v) is 11.5. The number of nitrogens with zero attached hydrogens (tertiary/aromatic N) is 4. The molecule has 2 amide bonds. The number of nitrogens with one attached hydrogen (secondary N) is 2. The van der Waals surface area contributed by atoms with Crippen molar-refractivity contribution < 1.29 is 19.1 Å². The first kappa shape index (κ1) is 33.7. The highest BCUT2D eigenvalue weighted by Crippen LogP contribution is 2.58. The second-order valence-electron chi connectivity index (χ2n) is 17.5. The van der Waals surface area contributed by atoms with E-state index in [0.29, 0.717) is 17.8 Å². The summed E-state index contributed by atoms with van der Waals surface area (Å²) in [6.07, 6.45) is 6.07. The minimum atomic E-state index is -0.551. The molecule has 10 nitrogen and oxygen atoms in total. The Bertz CT molecular complexity index is 2230. The minimum Gasteiger partial charge on any atom is -0.444 e. The van der Waals surface area contributed by atoms with Crippen LogP contribution in [0.5, 0.6) is 0 Å². The number of piperidine rings is 2. The number of imidazole rings is 2. The van der Waals surface area contributed by atoms with E-state index in [1.165, 1.54) is 0 Å². The Hall–Kier alpha value is -5.12. The van der Waals surface area contributed by atoms with Gasteiger partial charge in [-0.1, -0.05) is 67.6 Å². The van der Waals surface area contributed by atoms with Crippen LogP contribution in [-0.4, -0.2) is 65.2 Å². The van der Waals surface area contributed by atoms with E-state index in [-0.39, 0.29) is 36.4 Å². The molecule has 3 aromatic carbocycles. The smallest absolute Gasteiger partial charge is 0.411 e. The molecule has 53 heavy (non-hydrogen) atoms. The Labute approximate surface area is 310 Å². The molecule has 5 aromatic rings. The molecule has 0 unspecified atom stereocenters. The predicted molar refractivity (Wildman–Crippen MR) is 204 cm³/mol. The van der Waals surface area contributed by atoms with E-state index in [0.717, 1.165) is 75.3 Å². The number of carbonyl (C=O) groups excluding carboxylic acids is 2. The van der Waals surface area contributed by atoms with Gasteiger partial charge in [0.1, 0.15) is 22.9 Å². The van der Waals surface area contributed by atoms with Gasteiger partial charge in [-0.3, -0.25) is 9.80 Å². The van der Waals surface area contributed by atoms with Gasteiger partial charge in [-0.15, -0.1) is 0 Å². The standard InChI is InChI=1S/C43H48N6O4/c1-23-31-20-36(49(37(23)31)41(51)53-43(5,6)7)39-44-21-32(46-39)25-16-14-24(15-17-25)27-10-8-12-29-28(27)11-9-13-30(29)33-22-45-38(47-33)35-19-26-18-34(26)48(35)40(50)52-42(2,3)4/h8-17,21-23,26,31,34-37H,18-20H2,1-7H3,(H,44,46)(H,45,47)/t23-,26-,31+,34-,35+,36+,37-/m1/s1. The Morgan fingerprint density at radius 3 is 1.89 bits per heavy atom. The summed E-state index contributed by atoms with van der Waals surface area (Å²) in [6, 6.07) is 21.6. The van der Waals surface area contributed by atoms with Gasteiger partial charge in [-0.25, -0.2) is 19.6 Å². The van der Waals surface area contributed by atoms with Crippen LogP contribution in [0.3, 0.4) is 0 Å². The summed E-state index contributed by atoms with van der Waals surface area (Å²) in [7, 11) is 0. The van der Waals surface area contributed by atoms with Crippen molar-refractivity contribution in [2.24, 2.45) is 17.8 Å². The first-order valence-corrected chi connectivity index (χ1v) is 19.0. The number of fused-ring (bicyclic) bond motifs is 3. The van der Waals surface area contributed by atoms with Crippen molar-refractivity contribution in [2.75, 3.05) is 0 Å². The monoisotopic (exact) mass is 712 g/mol. The van der Waals surface area contributed by atoms with Crippen LogP contribution in [0.15, 0.2) is 73.1 Å². The fraction of sp³-hybridized carbons (Fsp3) is 0.442. The fourth-order valence-electron chi connectivity index (χ4n) is 8.92. The first-order chi connectivity index (χ1) is 25.2. The summed E-state index contributed by atoms with van der Waals surface area (Å²) in [4.78, 5) is 47.0. The Morgan fingerprint density at radius 2 is 1.23 bits per heavy atom. The lowest BCUT2D eigenvalue weighted by Crippen LogP contribution is -2.39. The molecule has 4 fully saturated rings. The fourth-order valence-corrected chi connectivity index (χ4v) is 8.92. The van der Waals surface area contributed by atoms with Crippen molar-refractivity contribution in [1.82, 2.24) is 29.7 Å². The number of hydrogen-bond donors (Lipinski definition) is 2. The summed E-state index contributed by atoms with van der Waals surface area (Å²) >= 11 is 0. The SMILES string of the molecule is C[C@@H]1[C@@H]2C[C@@H](c3ncc(-c4ccc(-c5cccc6c(-c7cnc([C@@H]8C[C@H]9C[C@H]9N8C(=O)OC(C)(C)C)[nH]7)cccc56)cc4)[nH]3)N(C(=O)OC(C)(C)C)[C@H]12. The molecule has 2 saturated heterocycles. The van der Waals surface area contributed by atoms with Crippen LogP contribution in [0, 0.1) is 17.8 Å². The molecular formula is C43H48N6O4. The molecule has 2 aliphatic carbocycles. The molecule has 2 aliphatic heterocycles. The molecule has 0 spiro atoms. The van der Waals surface area contributed by atoms with E-state index in [9.17, 15) is 9.59 Å². The van der Waals surface area contributed by atoms with Crippen molar-refractivity contribution in [3.63, 3.8) is 0 Å². The molecule has 274 valence electrons. The van der Waals surface area contributed by atoms with Crippen LogP contribution in [0.25, 0.3) is 44.4 Å². The quantitative estimate of drug-likeness (QED) is 0.188. The Kier molecular flexibility index (Phi) is 7.60. The number of aromatic nitrogens is 4. The topological polar surface area (TPSA) is 116 Å². The minimum absolute atomic E-state index is 0.117. The van der Waals surface area contributed by atoms with Gasteiger partial charge in [0.2, 0.25) is 0 Å². The zero-order valence-electron chi connectivity index (χ0n) is 31.5. The Morgan fingerprint density at radius 1 is 0.679 bits per heavy atom. The summed E-state index contributed by atoms with van der Waals surface area (Å²) in [6.45, 7) is 13.7. The third-order valence-electron chi connectivity index (χ3n) is 11.5. The number of aromatic amines is 2.